The van der Waals surface area contributed by atoms with Crippen molar-refractivity contribution in [3.8, 4) is 0 Å². The number of fused-ring (bicyclic) bond motifs is 1. The lowest BCUT2D eigenvalue weighted by Gasteiger charge is -2.10. The van der Waals surface area contributed by atoms with Crippen molar-refractivity contribution in [3.05, 3.63) is 129 Å². The molecule has 4 aromatic carbocycles. The summed E-state index contributed by atoms with van der Waals surface area (Å²) in [5.41, 5.74) is 5.33. The van der Waals surface area contributed by atoms with E-state index in [-0.39, 0.29) is 10.8 Å². The predicted octanol–water partition coefficient (Wildman–Crippen LogP) is 8.85. The van der Waals surface area contributed by atoms with Gasteiger partial charge in [-0.15, -0.1) is 0 Å². The molecular formula is C31H29ClF2. The Kier molecular flexibility index (Phi) is 8.13. The normalized spacial score (nSPS) is 11.5. The minimum absolute atomic E-state index is 0.105. The molecule has 0 bridgehead atoms. The monoisotopic (exact) mass is 474 g/mol. The van der Waals surface area contributed by atoms with Crippen LogP contribution in [0.5, 0.6) is 0 Å². The first-order chi connectivity index (χ1) is 16.5. The summed E-state index contributed by atoms with van der Waals surface area (Å²) in [6.45, 7) is 2.05. The predicted molar refractivity (Wildman–Crippen MR) is 140 cm³/mol. The van der Waals surface area contributed by atoms with Gasteiger partial charge in [-0.2, -0.15) is 0 Å². The van der Waals surface area contributed by atoms with Gasteiger partial charge in [-0.1, -0.05) is 84.4 Å². The molecule has 0 spiro atoms. The molecule has 4 aromatic rings. The lowest BCUT2D eigenvalue weighted by molar-refractivity contribution is 0.617. The Bertz CT molecular complexity index is 1290. The van der Waals surface area contributed by atoms with E-state index in [1.807, 2.05) is 24.3 Å². The highest BCUT2D eigenvalue weighted by Gasteiger charge is 2.10. The van der Waals surface area contributed by atoms with Crippen LogP contribution in [0, 0.1) is 11.6 Å². The Morgan fingerprint density at radius 1 is 0.676 bits per heavy atom. The molecule has 0 aliphatic heterocycles. The average Bonchev–Trinajstić information content (AvgIpc) is 2.85. The summed E-state index contributed by atoms with van der Waals surface area (Å²) in [4.78, 5) is 0. The number of hydrogen-bond acceptors (Lipinski definition) is 0. The van der Waals surface area contributed by atoms with Gasteiger partial charge in [0.15, 0.2) is 0 Å². The van der Waals surface area contributed by atoms with E-state index in [4.69, 9.17) is 11.6 Å². The zero-order chi connectivity index (χ0) is 23.9. The van der Waals surface area contributed by atoms with Crippen molar-refractivity contribution in [2.75, 3.05) is 0 Å². The van der Waals surface area contributed by atoms with Crippen molar-refractivity contribution in [1.82, 2.24) is 0 Å². The third kappa shape index (κ3) is 6.12. The quantitative estimate of drug-likeness (QED) is 0.212. The van der Waals surface area contributed by atoms with Crippen molar-refractivity contribution in [2.24, 2.45) is 0 Å². The Morgan fingerprint density at radius 2 is 1.29 bits per heavy atom. The van der Waals surface area contributed by atoms with Crippen LogP contribution in [0.3, 0.4) is 0 Å². The maximum atomic E-state index is 15.1. The highest BCUT2D eigenvalue weighted by Crippen LogP contribution is 2.25. The first-order valence-corrected chi connectivity index (χ1v) is 12.2. The topological polar surface area (TPSA) is 0 Å². The van der Waals surface area contributed by atoms with Gasteiger partial charge in [0.05, 0.1) is 5.02 Å². The highest BCUT2D eigenvalue weighted by atomic mass is 35.5. The zero-order valence-corrected chi connectivity index (χ0v) is 20.2. The molecule has 0 nitrogen and oxygen atoms in total. The second-order valence-electron chi connectivity index (χ2n) is 8.77. The van der Waals surface area contributed by atoms with Gasteiger partial charge in [0, 0.05) is 5.39 Å². The van der Waals surface area contributed by atoms with E-state index >= 15 is 4.39 Å². The van der Waals surface area contributed by atoms with Crippen molar-refractivity contribution < 1.29 is 8.78 Å². The van der Waals surface area contributed by atoms with Crippen LogP contribution < -0.4 is 0 Å². The third-order valence-electron chi connectivity index (χ3n) is 6.33. The molecule has 174 valence electrons. The molecule has 0 heterocycles. The van der Waals surface area contributed by atoms with Crippen molar-refractivity contribution in [2.45, 2.75) is 45.4 Å². The standard InChI is InChI=1S/C31H29ClF2/c1-2-3-4-5-22-6-8-23(9-7-22)10-11-24-13-18-28-27(20-24)17-16-26(31(28)34)15-12-25-14-19-29(32)30(33)21-25/h2-3,6-9,13-14,16-21H,4-5,10-12,15H2,1H3/b3-2+. The van der Waals surface area contributed by atoms with Crippen molar-refractivity contribution in [1.29, 1.82) is 0 Å². The molecule has 0 amide bonds. The molecular weight excluding hydrogens is 446 g/mol. The number of benzene rings is 4. The van der Waals surface area contributed by atoms with Crippen molar-refractivity contribution >= 4 is 22.4 Å². The maximum absolute atomic E-state index is 15.1. The van der Waals surface area contributed by atoms with Crippen LogP contribution in [0.4, 0.5) is 8.78 Å². The first-order valence-electron chi connectivity index (χ1n) is 11.9. The fourth-order valence-corrected chi connectivity index (χ4v) is 4.40. The zero-order valence-electron chi connectivity index (χ0n) is 19.5. The smallest absolute Gasteiger partial charge is 0.142 e. The molecule has 0 aliphatic carbocycles. The molecule has 0 unspecified atom stereocenters. The maximum Gasteiger partial charge on any atom is 0.142 e. The van der Waals surface area contributed by atoms with Crippen LogP contribution in [0.15, 0.2) is 84.9 Å². The molecule has 0 aliphatic rings. The molecule has 0 radical (unpaired) electrons. The summed E-state index contributed by atoms with van der Waals surface area (Å²) in [6.07, 6.45) is 9.37. The van der Waals surface area contributed by atoms with Crippen LogP contribution in [-0.4, -0.2) is 0 Å². The molecule has 0 saturated carbocycles. The van der Waals surface area contributed by atoms with Crippen LogP contribution in [0.25, 0.3) is 10.8 Å². The largest absolute Gasteiger partial charge is 0.206 e. The lowest BCUT2D eigenvalue weighted by atomic mass is 9.97. The number of rotatable bonds is 9. The highest BCUT2D eigenvalue weighted by molar-refractivity contribution is 6.30. The van der Waals surface area contributed by atoms with Gasteiger partial charge < -0.3 is 0 Å². The minimum Gasteiger partial charge on any atom is -0.206 e. The molecule has 0 fully saturated rings. The second-order valence-corrected chi connectivity index (χ2v) is 9.17. The summed E-state index contributed by atoms with van der Waals surface area (Å²) in [5, 5.41) is 1.65. The SMILES string of the molecule is C/C=C/CCc1ccc(CCc2ccc3c(F)c(CCc4ccc(Cl)c(F)c4)ccc3c2)cc1. The van der Waals surface area contributed by atoms with E-state index in [2.05, 4.69) is 49.4 Å². The summed E-state index contributed by atoms with van der Waals surface area (Å²) in [5.74, 6) is -0.627. The van der Waals surface area contributed by atoms with Gasteiger partial charge in [-0.25, -0.2) is 8.78 Å². The molecule has 34 heavy (non-hydrogen) atoms. The number of hydrogen-bond donors (Lipinski definition) is 0. The first kappa shape index (κ1) is 24.2. The summed E-state index contributed by atoms with van der Waals surface area (Å²) >= 11 is 5.75. The Balaban J connectivity index is 1.39. The number of halogens is 3. The number of allylic oxidation sites excluding steroid dienone is 2. The van der Waals surface area contributed by atoms with E-state index in [0.717, 1.165) is 36.6 Å². The molecule has 3 heteroatoms. The van der Waals surface area contributed by atoms with Gasteiger partial charge in [0.1, 0.15) is 11.6 Å². The van der Waals surface area contributed by atoms with E-state index in [0.29, 0.717) is 23.8 Å². The van der Waals surface area contributed by atoms with Gasteiger partial charge in [0.25, 0.3) is 0 Å². The van der Waals surface area contributed by atoms with E-state index in [1.165, 1.54) is 22.8 Å². The Morgan fingerprint density at radius 3 is 2.03 bits per heavy atom. The van der Waals surface area contributed by atoms with Crippen LogP contribution in [-0.2, 0) is 32.1 Å². The number of aryl methyl sites for hydroxylation is 5. The Hall–Kier alpha value is -2.97. The molecule has 0 N–H and O–H groups in total. The third-order valence-corrected chi connectivity index (χ3v) is 6.63. The second kappa shape index (κ2) is 11.4. The minimum atomic E-state index is -0.439. The molecule has 4 rings (SSSR count). The van der Waals surface area contributed by atoms with E-state index in [1.54, 1.807) is 12.1 Å². The lowest BCUT2D eigenvalue weighted by Crippen LogP contribution is -1.97. The summed E-state index contributed by atoms with van der Waals surface area (Å²) in [7, 11) is 0. The van der Waals surface area contributed by atoms with Gasteiger partial charge in [-0.05, 0) is 90.8 Å². The fourth-order valence-electron chi connectivity index (χ4n) is 4.29. The van der Waals surface area contributed by atoms with Crippen LogP contribution >= 0.6 is 11.6 Å². The van der Waals surface area contributed by atoms with Crippen LogP contribution in [0.2, 0.25) is 5.02 Å². The molecule has 0 aromatic heterocycles. The average molecular weight is 475 g/mol. The van der Waals surface area contributed by atoms with Gasteiger partial charge in [-0.3, -0.25) is 0 Å². The van der Waals surface area contributed by atoms with Crippen molar-refractivity contribution in [3.63, 3.8) is 0 Å². The van der Waals surface area contributed by atoms with Crippen LogP contribution in [0.1, 0.15) is 41.2 Å². The molecule has 0 saturated heterocycles. The summed E-state index contributed by atoms with van der Waals surface area (Å²) < 4.78 is 28.8. The van der Waals surface area contributed by atoms with E-state index < -0.39 is 5.82 Å². The molecule has 0 atom stereocenters. The Labute approximate surface area is 205 Å². The van der Waals surface area contributed by atoms with E-state index in [9.17, 15) is 4.39 Å². The fraction of sp³-hybridized carbons (Fsp3) is 0.226. The summed E-state index contributed by atoms with van der Waals surface area (Å²) in [6, 6.07) is 23.4. The van der Waals surface area contributed by atoms with Gasteiger partial charge >= 0.3 is 0 Å². The van der Waals surface area contributed by atoms with Gasteiger partial charge in [0.2, 0.25) is 0 Å².